The van der Waals surface area contributed by atoms with Crippen LogP contribution in [0.15, 0.2) is 11.6 Å². The molecule has 0 aromatic carbocycles. The van der Waals surface area contributed by atoms with E-state index in [4.69, 9.17) is 10.5 Å². The minimum Gasteiger partial charge on any atom is -0.371 e. The number of hydrogen-bond donors (Lipinski definition) is 1. The Kier molecular flexibility index (Phi) is 4.15. The van der Waals surface area contributed by atoms with Gasteiger partial charge in [0.2, 0.25) is 0 Å². The summed E-state index contributed by atoms with van der Waals surface area (Å²) in [6.07, 6.45) is 7.22. The van der Waals surface area contributed by atoms with Crippen molar-refractivity contribution < 1.29 is 4.74 Å². The first-order valence-electron chi connectivity index (χ1n) is 8.21. The first-order chi connectivity index (χ1) is 10.0. The summed E-state index contributed by atoms with van der Waals surface area (Å²) in [6, 6.07) is 0. The number of hydrogen-bond acceptors (Lipinski definition) is 4. The van der Waals surface area contributed by atoms with Crippen LogP contribution in [0.5, 0.6) is 0 Å². The minimum absolute atomic E-state index is 0.387. The zero-order chi connectivity index (χ0) is 15.1. The summed E-state index contributed by atoms with van der Waals surface area (Å²) in [4.78, 5) is 4.33. The lowest BCUT2D eigenvalue weighted by Gasteiger charge is -2.70. The zero-order valence-electron chi connectivity index (χ0n) is 13.5. The fraction of sp³-hybridized carbons (Fsp3) is 0.824. The van der Waals surface area contributed by atoms with E-state index in [0.29, 0.717) is 29.5 Å². The van der Waals surface area contributed by atoms with E-state index in [0.717, 1.165) is 23.9 Å². The number of aromatic nitrogens is 1. The van der Waals surface area contributed by atoms with E-state index in [1.54, 1.807) is 11.3 Å². The van der Waals surface area contributed by atoms with Crippen LogP contribution in [0.1, 0.15) is 51.5 Å². The van der Waals surface area contributed by atoms with E-state index >= 15 is 0 Å². The first kappa shape index (κ1) is 15.4. The van der Waals surface area contributed by atoms with E-state index in [-0.39, 0.29) is 0 Å². The molecule has 4 rings (SSSR count). The summed E-state index contributed by atoms with van der Waals surface area (Å²) in [5.41, 5.74) is 6.66. The third-order valence-electron chi connectivity index (χ3n) is 6.59. The molecular formula is C17H28N2OS. The molecule has 0 radical (unpaired) electrons. The second-order valence-corrected chi connectivity index (χ2v) is 8.45. The Balaban J connectivity index is 1.68. The number of rotatable bonds is 6. The van der Waals surface area contributed by atoms with Gasteiger partial charge in [0.15, 0.2) is 0 Å². The monoisotopic (exact) mass is 308 g/mol. The molecule has 21 heavy (non-hydrogen) atoms. The Labute approximate surface area is 132 Å². The Morgan fingerprint density at radius 1 is 1.48 bits per heavy atom. The van der Waals surface area contributed by atoms with Crippen molar-refractivity contribution in [1.82, 2.24) is 4.98 Å². The van der Waals surface area contributed by atoms with Crippen LogP contribution in [0.3, 0.4) is 0 Å². The SMILES string of the molecule is CC1C(OCc2nccs2)CC2CC1(CCCN)C2(C)C. The topological polar surface area (TPSA) is 48.1 Å². The molecule has 1 heterocycles. The lowest BCUT2D eigenvalue weighted by molar-refractivity contribution is -0.248. The molecule has 2 bridgehead atoms. The average Bonchev–Trinajstić information content (AvgIpc) is 2.97. The molecule has 4 atom stereocenters. The van der Waals surface area contributed by atoms with Crippen molar-refractivity contribution in [2.24, 2.45) is 28.4 Å². The van der Waals surface area contributed by atoms with Crippen LogP contribution in [0.2, 0.25) is 0 Å². The number of ether oxygens (including phenoxy) is 1. The summed E-state index contributed by atoms with van der Waals surface area (Å²) in [5.74, 6) is 1.43. The lowest BCUT2D eigenvalue weighted by atomic mass is 9.35. The lowest BCUT2D eigenvalue weighted by Crippen LogP contribution is -2.65. The molecule has 3 fully saturated rings. The maximum atomic E-state index is 6.26. The summed E-state index contributed by atoms with van der Waals surface area (Å²) in [5, 5.41) is 3.11. The molecule has 4 unspecified atom stereocenters. The fourth-order valence-electron chi connectivity index (χ4n) is 5.01. The maximum absolute atomic E-state index is 6.26. The standard InChI is InChI=1S/C17H28N2OS/c1-12-14(20-11-15-19-7-8-21-15)9-13-10-17(12,5-4-6-18)16(13,2)3/h7-8,12-14H,4-6,9-11,18H2,1-3H3. The van der Waals surface area contributed by atoms with Gasteiger partial charge in [-0.05, 0) is 54.9 Å². The third kappa shape index (κ3) is 2.36. The number of fused-ring (bicyclic) bond motifs is 2. The van der Waals surface area contributed by atoms with Gasteiger partial charge in [-0.1, -0.05) is 20.8 Å². The number of thiazole rings is 1. The number of nitrogens with zero attached hydrogens (tertiary/aromatic N) is 1. The van der Waals surface area contributed by atoms with E-state index in [1.807, 2.05) is 11.6 Å². The van der Waals surface area contributed by atoms with Crippen LogP contribution in [0, 0.1) is 22.7 Å². The predicted molar refractivity (Wildman–Crippen MR) is 87.1 cm³/mol. The maximum Gasteiger partial charge on any atom is 0.118 e. The molecule has 0 amide bonds. The van der Waals surface area contributed by atoms with Crippen LogP contribution in [0.4, 0.5) is 0 Å². The number of nitrogens with two attached hydrogens (primary N) is 1. The van der Waals surface area contributed by atoms with E-state index in [9.17, 15) is 0 Å². The highest BCUT2D eigenvalue weighted by Gasteiger charge is 2.66. The van der Waals surface area contributed by atoms with Crippen molar-refractivity contribution in [1.29, 1.82) is 0 Å². The second-order valence-electron chi connectivity index (χ2n) is 7.47. The van der Waals surface area contributed by atoms with Crippen molar-refractivity contribution in [2.45, 2.75) is 59.2 Å². The van der Waals surface area contributed by atoms with Gasteiger partial charge in [0.1, 0.15) is 5.01 Å². The van der Waals surface area contributed by atoms with Gasteiger partial charge in [-0.15, -0.1) is 11.3 Å². The Hall–Kier alpha value is -0.450. The predicted octanol–water partition coefficient (Wildman–Crippen LogP) is 3.84. The third-order valence-corrected chi connectivity index (χ3v) is 7.35. The molecule has 3 aliphatic rings. The molecule has 4 heteroatoms. The van der Waals surface area contributed by atoms with Crippen LogP contribution in [0.25, 0.3) is 0 Å². The second kappa shape index (κ2) is 5.64. The Morgan fingerprint density at radius 3 is 2.90 bits per heavy atom. The van der Waals surface area contributed by atoms with Gasteiger partial charge in [-0.25, -0.2) is 4.98 Å². The van der Waals surface area contributed by atoms with Crippen molar-refractivity contribution in [3.63, 3.8) is 0 Å². The van der Waals surface area contributed by atoms with E-state index < -0.39 is 0 Å². The summed E-state index contributed by atoms with van der Waals surface area (Å²) < 4.78 is 6.26. The largest absolute Gasteiger partial charge is 0.371 e. The molecule has 2 N–H and O–H groups in total. The molecule has 0 saturated heterocycles. The molecule has 1 aromatic rings. The zero-order valence-corrected chi connectivity index (χ0v) is 14.3. The summed E-state index contributed by atoms with van der Waals surface area (Å²) in [7, 11) is 0. The van der Waals surface area contributed by atoms with Gasteiger partial charge in [0.05, 0.1) is 12.7 Å². The van der Waals surface area contributed by atoms with Gasteiger partial charge in [-0.2, -0.15) is 0 Å². The quantitative estimate of drug-likeness (QED) is 0.868. The molecule has 1 aromatic heterocycles. The van der Waals surface area contributed by atoms with Gasteiger partial charge in [0, 0.05) is 11.6 Å². The van der Waals surface area contributed by atoms with Crippen LogP contribution in [-0.2, 0) is 11.3 Å². The van der Waals surface area contributed by atoms with Crippen LogP contribution >= 0.6 is 11.3 Å². The van der Waals surface area contributed by atoms with Gasteiger partial charge >= 0.3 is 0 Å². The summed E-state index contributed by atoms with van der Waals surface area (Å²) in [6.45, 7) is 8.81. The molecule has 3 saturated carbocycles. The molecule has 3 nitrogen and oxygen atoms in total. The normalized spacial score (nSPS) is 37.2. The Morgan fingerprint density at radius 2 is 2.29 bits per heavy atom. The molecule has 0 spiro atoms. The fourth-order valence-corrected chi connectivity index (χ4v) is 5.55. The van der Waals surface area contributed by atoms with Crippen LogP contribution < -0.4 is 5.73 Å². The van der Waals surface area contributed by atoms with Gasteiger partial charge in [-0.3, -0.25) is 0 Å². The molecule has 0 aliphatic heterocycles. The van der Waals surface area contributed by atoms with Gasteiger partial charge in [0.25, 0.3) is 0 Å². The van der Waals surface area contributed by atoms with Crippen molar-refractivity contribution in [3.8, 4) is 0 Å². The summed E-state index contributed by atoms with van der Waals surface area (Å²) >= 11 is 1.68. The Bertz CT molecular complexity index is 473. The first-order valence-corrected chi connectivity index (χ1v) is 9.09. The molecule has 3 aliphatic carbocycles. The highest BCUT2D eigenvalue weighted by molar-refractivity contribution is 7.09. The molecule has 118 valence electrons. The smallest absolute Gasteiger partial charge is 0.118 e. The van der Waals surface area contributed by atoms with Gasteiger partial charge < -0.3 is 10.5 Å². The van der Waals surface area contributed by atoms with Crippen molar-refractivity contribution in [2.75, 3.05) is 6.54 Å². The average molecular weight is 308 g/mol. The molecular weight excluding hydrogens is 280 g/mol. The van der Waals surface area contributed by atoms with Crippen molar-refractivity contribution in [3.05, 3.63) is 16.6 Å². The minimum atomic E-state index is 0.387. The highest BCUT2D eigenvalue weighted by Crippen LogP contribution is 2.71. The van der Waals surface area contributed by atoms with E-state index in [1.165, 1.54) is 19.3 Å². The van der Waals surface area contributed by atoms with Crippen LogP contribution in [-0.4, -0.2) is 17.6 Å². The van der Waals surface area contributed by atoms with E-state index in [2.05, 4.69) is 25.8 Å². The highest BCUT2D eigenvalue weighted by atomic mass is 32.1. The van der Waals surface area contributed by atoms with Crippen molar-refractivity contribution >= 4 is 11.3 Å².